The van der Waals surface area contributed by atoms with E-state index in [1.807, 2.05) is 20.8 Å². The van der Waals surface area contributed by atoms with Crippen LogP contribution in [0.25, 0.3) is 0 Å². The summed E-state index contributed by atoms with van der Waals surface area (Å²) in [5.41, 5.74) is 0.0937. The van der Waals surface area contributed by atoms with Gasteiger partial charge in [0, 0.05) is 25.8 Å². The maximum atomic E-state index is 13.8. The van der Waals surface area contributed by atoms with Crippen LogP contribution >= 0.6 is 0 Å². The summed E-state index contributed by atoms with van der Waals surface area (Å²) in [6, 6.07) is 1.49. The zero-order chi connectivity index (χ0) is 18.6. The summed E-state index contributed by atoms with van der Waals surface area (Å²) >= 11 is 0. The van der Waals surface area contributed by atoms with E-state index in [4.69, 9.17) is 14.2 Å². The number of pyridine rings is 1. The zero-order valence-corrected chi connectivity index (χ0v) is 15.5. The van der Waals surface area contributed by atoms with E-state index in [9.17, 15) is 9.18 Å². The predicted molar refractivity (Wildman–Crippen MR) is 91.1 cm³/mol. The van der Waals surface area contributed by atoms with Crippen LogP contribution < -0.4 is 4.74 Å². The van der Waals surface area contributed by atoms with E-state index in [0.717, 1.165) is 0 Å². The molecule has 1 fully saturated rings. The minimum atomic E-state index is -0.643. The van der Waals surface area contributed by atoms with E-state index < -0.39 is 11.5 Å². The van der Waals surface area contributed by atoms with Crippen LogP contribution in [-0.2, 0) is 9.47 Å². The quantitative estimate of drug-likeness (QED) is 0.760. The second-order valence-electron chi connectivity index (χ2n) is 7.40. The molecule has 140 valence electrons. The molecule has 0 aromatic carbocycles. The molecular formula is C18H27FN2O4. The minimum Gasteiger partial charge on any atom is -0.486 e. The van der Waals surface area contributed by atoms with Crippen molar-refractivity contribution in [3.8, 4) is 5.75 Å². The molecule has 0 bridgehead atoms. The molecule has 0 N–H and O–H groups in total. The Bertz CT molecular complexity index is 583. The first-order valence-electron chi connectivity index (χ1n) is 8.43. The fourth-order valence-electron chi connectivity index (χ4n) is 2.94. The van der Waals surface area contributed by atoms with Gasteiger partial charge in [0.1, 0.15) is 12.2 Å². The Morgan fingerprint density at radius 1 is 1.40 bits per heavy atom. The molecule has 1 aromatic rings. The smallest absolute Gasteiger partial charge is 0.410 e. The highest BCUT2D eigenvalue weighted by atomic mass is 19.1. The summed E-state index contributed by atoms with van der Waals surface area (Å²) in [6.45, 7) is 8.51. The lowest BCUT2D eigenvalue weighted by Crippen LogP contribution is -2.42. The van der Waals surface area contributed by atoms with Crippen molar-refractivity contribution < 1.29 is 23.4 Å². The lowest BCUT2D eigenvalue weighted by atomic mass is 10.1. The SMILES string of the molecule is COCC1CC(COc2c(C)ccnc2F)N(C(=O)OC(C)(C)C)C1. The van der Waals surface area contributed by atoms with Crippen molar-refractivity contribution in [1.82, 2.24) is 9.88 Å². The average molecular weight is 354 g/mol. The van der Waals surface area contributed by atoms with E-state index in [1.165, 1.54) is 6.20 Å². The van der Waals surface area contributed by atoms with Crippen molar-refractivity contribution in [2.45, 2.75) is 45.8 Å². The number of methoxy groups -OCH3 is 1. The molecule has 1 aliphatic rings. The molecule has 1 aliphatic heterocycles. The summed E-state index contributed by atoms with van der Waals surface area (Å²) in [7, 11) is 1.63. The van der Waals surface area contributed by atoms with Gasteiger partial charge in [0.05, 0.1) is 12.6 Å². The number of hydrogen-bond donors (Lipinski definition) is 0. The van der Waals surface area contributed by atoms with Crippen molar-refractivity contribution in [2.75, 3.05) is 26.9 Å². The highest BCUT2D eigenvalue weighted by Crippen LogP contribution is 2.27. The fraction of sp³-hybridized carbons (Fsp3) is 0.667. The van der Waals surface area contributed by atoms with Crippen LogP contribution in [0.1, 0.15) is 32.8 Å². The molecule has 0 radical (unpaired) electrons. The van der Waals surface area contributed by atoms with E-state index in [2.05, 4.69) is 4.98 Å². The molecule has 0 aliphatic carbocycles. The molecule has 2 unspecified atom stereocenters. The molecule has 0 spiro atoms. The molecule has 2 rings (SSSR count). The summed E-state index contributed by atoms with van der Waals surface area (Å²) in [6.07, 6.45) is 1.73. The largest absolute Gasteiger partial charge is 0.486 e. The summed E-state index contributed by atoms with van der Waals surface area (Å²) < 4.78 is 30.2. The molecular weight excluding hydrogens is 327 g/mol. The molecule has 1 amide bonds. The molecule has 2 atom stereocenters. The van der Waals surface area contributed by atoms with E-state index in [0.29, 0.717) is 25.1 Å². The number of aromatic nitrogens is 1. The summed E-state index contributed by atoms with van der Waals surface area (Å²) in [4.78, 5) is 17.8. The average Bonchev–Trinajstić information content (AvgIpc) is 2.88. The topological polar surface area (TPSA) is 60.9 Å². The van der Waals surface area contributed by atoms with Gasteiger partial charge in [0.2, 0.25) is 0 Å². The van der Waals surface area contributed by atoms with Gasteiger partial charge < -0.3 is 19.1 Å². The number of aryl methyl sites for hydroxylation is 1. The number of halogens is 1. The molecule has 1 saturated heterocycles. The van der Waals surface area contributed by atoms with Crippen LogP contribution in [-0.4, -0.2) is 54.5 Å². The van der Waals surface area contributed by atoms with Crippen LogP contribution in [0.3, 0.4) is 0 Å². The normalized spacial score (nSPS) is 20.6. The maximum absolute atomic E-state index is 13.8. The lowest BCUT2D eigenvalue weighted by Gasteiger charge is -2.28. The van der Waals surface area contributed by atoms with Crippen molar-refractivity contribution in [3.63, 3.8) is 0 Å². The highest BCUT2D eigenvalue weighted by molar-refractivity contribution is 5.69. The van der Waals surface area contributed by atoms with Crippen LogP contribution in [0.4, 0.5) is 9.18 Å². The molecule has 1 aromatic heterocycles. The van der Waals surface area contributed by atoms with Gasteiger partial charge in [-0.05, 0) is 45.7 Å². The van der Waals surface area contributed by atoms with Crippen molar-refractivity contribution >= 4 is 6.09 Å². The third-order valence-electron chi connectivity index (χ3n) is 4.01. The van der Waals surface area contributed by atoms with Gasteiger partial charge >= 0.3 is 6.09 Å². The number of ether oxygens (including phenoxy) is 3. The lowest BCUT2D eigenvalue weighted by molar-refractivity contribution is 0.0178. The van der Waals surface area contributed by atoms with E-state index >= 15 is 0 Å². The first-order valence-corrected chi connectivity index (χ1v) is 8.43. The Balaban J connectivity index is 2.08. The highest BCUT2D eigenvalue weighted by Gasteiger charge is 2.38. The van der Waals surface area contributed by atoms with Gasteiger partial charge in [-0.3, -0.25) is 0 Å². The Kier molecular flexibility index (Phi) is 6.21. The summed E-state index contributed by atoms with van der Waals surface area (Å²) in [5, 5.41) is 0. The first-order chi connectivity index (χ1) is 11.7. The number of carbonyl (C=O) groups excluding carboxylic acids is 1. The third kappa shape index (κ3) is 5.29. The van der Waals surface area contributed by atoms with Gasteiger partial charge in [-0.2, -0.15) is 4.39 Å². The van der Waals surface area contributed by atoms with Crippen molar-refractivity contribution in [2.24, 2.45) is 5.92 Å². The Labute approximate surface area is 148 Å². The van der Waals surface area contributed by atoms with Crippen molar-refractivity contribution in [3.05, 3.63) is 23.8 Å². The first kappa shape index (κ1) is 19.4. The summed E-state index contributed by atoms with van der Waals surface area (Å²) in [5.74, 6) is -0.317. The fourth-order valence-corrected chi connectivity index (χ4v) is 2.94. The zero-order valence-electron chi connectivity index (χ0n) is 15.5. The standard InChI is InChI=1S/C18H27FN2O4/c1-12-6-7-20-16(19)15(12)24-11-14-8-13(10-23-5)9-21(14)17(22)25-18(2,3)4/h6-7,13-14H,8-11H2,1-5H3. The Morgan fingerprint density at radius 2 is 2.12 bits per heavy atom. The second-order valence-corrected chi connectivity index (χ2v) is 7.40. The van der Waals surface area contributed by atoms with E-state index in [-0.39, 0.29) is 30.4 Å². The number of rotatable bonds is 5. The predicted octanol–water partition coefficient (Wildman–Crippen LogP) is 3.18. The molecule has 7 heteroatoms. The van der Waals surface area contributed by atoms with Gasteiger partial charge in [0.25, 0.3) is 5.95 Å². The minimum absolute atomic E-state index is 0.127. The Hall–Kier alpha value is -1.89. The van der Waals surface area contributed by atoms with Crippen LogP contribution in [0, 0.1) is 18.8 Å². The number of hydrogen-bond acceptors (Lipinski definition) is 5. The van der Waals surface area contributed by atoms with E-state index in [1.54, 1.807) is 25.0 Å². The molecule has 25 heavy (non-hydrogen) atoms. The van der Waals surface area contributed by atoms with Gasteiger partial charge in [-0.25, -0.2) is 9.78 Å². The van der Waals surface area contributed by atoms with Gasteiger partial charge in [-0.1, -0.05) is 0 Å². The number of carbonyl (C=O) groups is 1. The second kappa shape index (κ2) is 7.99. The van der Waals surface area contributed by atoms with Gasteiger partial charge in [0.15, 0.2) is 5.75 Å². The number of likely N-dealkylation sites (tertiary alicyclic amines) is 1. The van der Waals surface area contributed by atoms with Gasteiger partial charge in [-0.15, -0.1) is 0 Å². The molecule has 0 saturated carbocycles. The monoisotopic (exact) mass is 354 g/mol. The Morgan fingerprint density at radius 3 is 2.72 bits per heavy atom. The maximum Gasteiger partial charge on any atom is 0.410 e. The van der Waals surface area contributed by atoms with Crippen molar-refractivity contribution in [1.29, 1.82) is 0 Å². The van der Waals surface area contributed by atoms with Crippen LogP contribution in [0.5, 0.6) is 5.75 Å². The molecule has 6 nitrogen and oxygen atoms in total. The number of nitrogens with zero attached hydrogens (tertiary/aromatic N) is 2. The third-order valence-corrected chi connectivity index (χ3v) is 4.01. The van der Waals surface area contributed by atoms with Crippen LogP contribution in [0.15, 0.2) is 12.3 Å². The van der Waals surface area contributed by atoms with Crippen LogP contribution in [0.2, 0.25) is 0 Å². The molecule has 2 heterocycles. The number of amides is 1.